The van der Waals surface area contributed by atoms with Gasteiger partial charge in [0.1, 0.15) is 0 Å². The summed E-state index contributed by atoms with van der Waals surface area (Å²) in [6, 6.07) is 13.7. The molecule has 0 spiro atoms. The fraction of sp³-hybridized carbons (Fsp3) is 0.286. The topological polar surface area (TPSA) is 48.7 Å². The monoisotopic (exact) mass is 338 g/mol. The minimum Gasteiger partial charge on any atom is -0.490 e. The maximum absolute atomic E-state index is 12.6. The Morgan fingerprint density at radius 2 is 1.68 bits per heavy atom. The third-order valence-electron chi connectivity index (χ3n) is 4.19. The standard InChI is InChI=1S/C21H22O4/c1-4-23-18-12-11-16-14(3)17(13-15-9-7-6-8-10-15)21(22)25-19(16)20(18)24-5-2/h6-12H,4-5,13H2,1-3H3. The molecule has 0 atom stereocenters. The fourth-order valence-corrected chi connectivity index (χ4v) is 2.97. The predicted molar refractivity (Wildman–Crippen MR) is 98.8 cm³/mol. The first kappa shape index (κ1) is 17.1. The van der Waals surface area contributed by atoms with Gasteiger partial charge in [0.2, 0.25) is 5.75 Å². The summed E-state index contributed by atoms with van der Waals surface area (Å²) >= 11 is 0. The summed E-state index contributed by atoms with van der Waals surface area (Å²) in [4.78, 5) is 12.6. The molecule has 0 aliphatic heterocycles. The normalized spacial score (nSPS) is 10.8. The van der Waals surface area contributed by atoms with Crippen LogP contribution in [-0.2, 0) is 6.42 Å². The minimum atomic E-state index is -0.330. The molecular weight excluding hydrogens is 316 g/mol. The summed E-state index contributed by atoms with van der Waals surface area (Å²) in [7, 11) is 0. The van der Waals surface area contributed by atoms with Crippen LogP contribution in [-0.4, -0.2) is 13.2 Å². The zero-order chi connectivity index (χ0) is 17.8. The number of hydrogen-bond donors (Lipinski definition) is 0. The van der Waals surface area contributed by atoms with Crippen LogP contribution >= 0.6 is 0 Å². The first-order valence-electron chi connectivity index (χ1n) is 8.54. The van der Waals surface area contributed by atoms with Crippen molar-refractivity contribution in [2.75, 3.05) is 13.2 Å². The summed E-state index contributed by atoms with van der Waals surface area (Å²) in [6.07, 6.45) is 0.544. The van der Waals surface area contributed by atoms with Gasteiger partial charge in [-0.2, -0.15) is 0 Å². The van der Waals surface area contributed by atoms with Crippen LogP contribution in [0.25, 0.3) is 11.0 Å². The van der Waals surface area contributed by atoms with E-state index in [1.54, 1.807) is 0 Å². The second kappa shape index (κ2) is 7.43. The maximum atomic E-state index is 12.6. The van der Waals surface area contributed by atoms with Crippen molar-refractivity contribution < 1.29 is 13.9 Å². The van der Waals surface area contributed by atoms with E-state index in [0.717, 1.165) is 16.5 Å². The highest BCUT2D eigenvalue weighted by Crippen LogP contribution is 2.37. The molecule has 0 fully saturated rings. The highest BCUT2D eigenvalue weighted by atomic mass is 16.5. The SMILES string of the molecule is CCOc1ccc2c(C)c(Cc3ccccc3)c(=O)oc2c1OCC. The number of hydrogen-bond acceptors (Lipinski definition) is 4. The fourth-order valence-electron chi connectivity index (χ4n) is 2.97. The van der Waals surface area contributed by atoms with E-state index in [-0.39, 0.29) is 5.63 Å². The second-order valence-corrected chi connectivity index (χ2v) is 5.79. The molecule has 0 N–H and O–H groups in total. The van der Waals surface area contributed by atoms with Gasteiger partial charge in [-0.05, 0) is 44.0 Å². The van der Waals surface area contributed by atoms with Gasteiger partial charge in [-0.15, -0.1) is 0 Å². The lowest BCUT2D eigenvalue weighted by Gasteiger charge is -2.14. The van der Waals surface area contributed by atoms with Gasteiger partial charge in [0.15, 0.2) is 11.3 Å². The zero-order valence-electron chi connectivity index (χ0n) is 14.8. The Kier molecular flexibility index (Phi) is 5.08. The molecule has 0 aliphatic rings. The Morgan fingerprint density at radius 1 is 0.960 bits per heavy atom. The lowest BCUT2D eigenvalue weighted by Crippen LogP contribution is -2.11. The predicted octanol–water partition coefficient (Wildman–Crippen LogP) is 4.49. The molecule has 3 aromatic rings. The molecule has 3 rings (SSSR count). The molecule has 0 aliphatic carbocycles. The van der Waals surface area contributed by atoms with Gasteiger partial charge in [-0.3, -0.25) is 0 Å². The molecule has 0 saturated heterocycles. The van der Waals surface area contributed by atoms with Gasteiger partial charge in [0, 0.05) is 17.4 Å². The van der Waals surface area contributed by atoms with Crippen LogP contribution in [0.15, 0.2) is 51.7 Å². The van der Waals surface area contributed by atoms with Gasteiger partial charge in [-0.1, -0.05) is 30.3 Å². The summed E-state index contributed by atoms with van der Waals surface area (Å²) in [5.74, 6) is 1.09. The Bertz CT molecular complexity index is 926. The molecular formula is C21H22O4. The molecule has 0 bridgehead atoms. The maximum Gasteiger partial charge on any atom is 0.340 e. The highest BCUT2D eigenvalue weighted by Gasteiger charge is 2.18. The first-order chi connectivity index (χ1) is 12.2. The van der Waals surface area contributed by atoms with E-state index in [2.05, 4.69) is 0 Å². The summed E-state index contributed by atoms with van der Waals surface area (Å²) < 4.78 is 17.0. The second-order valence-electron chi connectivity index (χ2n) is 5.79. The lowest BCUT2D eigenvalue weighted by atomic mass is 9.99. The van der Waals surface area contributed by atoms with E-state index in [1.165, 1.54) is 0 Å². The Morgan fingerprint density at radius 3 is 2.36 bits per heavy atom. The number of fused-ring (bicyclic) bond motifs is 1. The van der Waals surface area contributed by atoms with Crippen LogP contribution in [0.3, 0.4) is 0 Å². The van der Waals surface area contributed by atoms with E-state index in [4.69, 9.17) is 13.9 Å². The zero-order valence-corrected chi connectivity index (χ0v) is 14.8. The highest BCUT2D eigenvalue weighted by molar-refractivity contribution is 5.88. The Labute approximate surface area is 147 Å². The van der Waals surface area contributed by atoms with Crippen molar-refractivity contribution in [2.45, 2.75) is 27.2 Å². The summed E-state index contributed by atoms with van der Waals surface area (Å²) in [5, 5.41) is 0.873. The first-order valence-corrected chi connectivity index (χ1v) is 8.54. The van der Waals surface area contributed by atoms with Crippen LogP contribution in [0.2, 0.25) is 0 Å². The Balaban J connectivity index is 2.17. The average molecular weight is 338 g/mol. The van der Waals surface area contributed by atoms with E-state index in [0.29, 0.717) is 42.3 Å². The van der Waals surface area contributed by atoms with Crippen molar-refractivity contribution in [1.29, 1.82) is 0 Å². The molecule has 0 saturated carbocycles. The number of benzene rings is 2. The van der Waals surface area contributed by atoms with Gasteiger partial charge in [0.05, 0.1) is 13.2 Å². The quantitative estimate of drug-likeness (QED) is 0.621. The van der Waals surface area contributed by atoms with Crippen molar-refractivity contribution in [3.8, 4) is 11.5 Å². The van der Waals surface area contributed by atoms with Crippen LogP contribution < -0.4 is 15.1 Å². The molecule has 0 amide bonds. The van der Waals surface area contributed by atoms with Crippen molar-refractivity contribution in [1.82, 2.24) is 0 Å². The molecule has 2 aromatic carbocycles. The van der Waals surface area contributed by atoms with Crippen LogP contribution in [0.5, 0.6) is 11.5 Å². The lowest BCUT2D eigenvalue weighted by molar-refractivity contribution is 0.286. The molecule has 1 aromatic heterocycles. The Hall–Kier alpha value is -2.75. The van der Waals surface area contributed by atoms with E-state index >= 15 is 0 Å². The van der Waals surface area contributed by atoms with Crippen LogP contribution in [0.1, 0.15) is 30.5 Å². The summed E-state index contributed by atoms with van der Waals surface area (Å²) in [6.45, 7) is 6.73. The van der Waals surface area contributed by atoms with Crippen LogP contribution in [0.4, 0.5) is 0 Å². The van der Waals surface area contributed by atoms with E-state index < -0.39 is 0 Å². The average Bonchev–Trinajstić information content (AvgIpc) is 2.62. The molecule has 25 heavy (non-hydrogen) atoms. The summed E-state index contributed by atoms with van der Waals surface area (Å²) in [5.41, 5.74) is 2.79. The smallest absolute Gasteiger partial charge is 0.340 e. The van der Waals surface area contributed by atoms with Crippen LogP contribution in [0, 0.1) is 6.92 Å². The van der Waals surface area contributed by atoms with Gasteiger partial charge in [-0.25, -0.2) is 4.79 Å². The van der Waals surface area contributed by atoms with Crippen molar-refractivity contribution >= 4 is 11.0 Å². The number of aryl methyl sites for hydroxylation is 1. The van der Waals surface area contributed by atoms with Gasteiger partial charge >= 0.3 is 5.63 Å². The molecule has 4 nitrogen and oxygen atoms in total. The van der Waals surface area contributed by atoms with Crippen molar-refractivity contribution in [3.05, 3.63) is 69.6 Å². The van der Waals surface area contributed by atoms with Crippen molar-refractivity contribution in [3.63, 3.8) is 0 Å². The third-order valence-corrected chi connectivity index (χ3v) is 4.19. The van der Waals surface area contributed by atoms with Crippen molar-refractivity contribution in [2.24, 2.45) is 0 Å². The van der Waals surface area contributed by atoms with E-state index in [9.17, 15) is 4.79 Å². The number of rotatable bonds is 6. The van der Waals surface area contributed by atoms with Gasteiger partial charge in [0.25, 0.3) is 0 Å². The van der Waals surface area contributed by atoms with Gasteiger partial charge < -0.3 is 13.9 Å². The molecule has 130 valence electrons. The third kappa shape index (κ3) is 3.38. The molecule has 0 unspecified atom stereocenters. The minimum absolute atomic E-state index is 0.330. The molecule has 4 heteroatoms. The molecule has 0 radical (unpaired) electrons. The van der Waals surface area contributed by atoms with E-state index in [1.807, 2.05) is 63.2 Å². The number of ether oxygens (including phenoxy) is 2. The molecule has 1 heterocycles. The largest absolute Gasteiger partial charge is 0.490 e.